The van der Waals surface area contributed by atoms with E-state index in [-0.39, 0.29) is 5.56 Å². The fraction of sp³-hybridized carbons (Fsp3) is 0.133. The second-order valence-corrected chi connectivity index (χ2v) is 3.74. The molecule has 0 N–H and O–H groups in total. The first-order valence-corrected chi connectivity index (χ1v) is 5.56. The molecular formula is C15H14O3. The molecule has 0 fully saturated rings. The molecule has 0 unspecified atom stereocenters. The lowest BCUT2D eigenvalue weighted by molar-refractivity contribution is 0.112. The number of carbonyl (C=O) groups excluding carboxylic acids is 1. The molecule has 92 valence electrons. The number of ether oxygens (including phenoxy) is 2. The molecule has 0 heterocycles. The number of hydrogen-bond acceptors (Lipinski definition) is 3. The second-order valence-electron chi connectivity index (χ2n) is 3.74. The van der Waals surface area contributed by atoms with Crippen molar-refractivity contribution >= 4 is 6.26 Å². The van der Waals surface area contributed by atoms with Gasteiger partial charge in [0.1, 0.15) is 14.2 Å². The summed E-state index contributed by atoms with van der Waals surface area (Å²) in [5, 5.41) is 0. The molecule has 2 rings (SSSR count). The summed E-state index contributed by atoms with van der Waals surface area (Å²) in [7, 11) is 1.50. The first kappa shape index (κ1) is 10.8. The van der Waals surface area contributed by atoms with Crippen molar-refractivity contribution in [3.8, 4) is 11.5 Å². The van der Waals surface area contributed by atoms with E-state index in [0.29, 0.717) is 18.1 Å². The lowest BCUT2D eigenvalue weighted by Gasteiger charge is -2.10. The van der Waals surface area contributed by atoms with E-state index >= 15 is 0 Å². The summed E-state index contributed by atoms with van der Waals surface area (Å²) >= 11 is 0. The molecule has 0 aliphatic heterocycles. The van der Waals surface area contributed by atoms with Gasteiger partial charge in [-0.25, -0.2) is 0 Å². The minimum atomic E-state index is -0.743. The normalized spacial score (nSPS) is 10.6. The average molecular weight is 244 g/mol. The van der Waals surface area contributed by atoms with Crippen molar-refractivity contribution < 1.29 is 15.6 Å². The van der Waals surface area contributed by atoms with Gasteiger partial charge < -0.3 is 9.47 Å². The number of methoxy groups -OCH3 is 1. The molecule has 0 spiro atoms. The van der Waals surface area contributed by atoms with Gasteiger partial charge in [-0.2, -0.15) is 0 Å². The van der Waals surface area contributed by atoms with Crippen molar-refractivity contribution in [3.05, 3.63) is 59.7 Å². The van der Waals surface area contributed by atoms with Crippen LogP contribution < -0.4 is 9.47 Å². The van der Waals surface area contributed by atoms with Crippen molar-refractivity contribution in [2.24, 2.45) is 0 Å². The van der Waals surface area contributed by atoms with Gasteiger partial charge in [-0.1, -0.05) is 30.3 Å². The zero-order valence-electron chi connectivity index (χ0n) is 11.1. The number of rotatable bonds is 5. The summed E-state index contributed by atoms with van der Waals surface area (Å²) in [6.07, 6.45) is -0.743. The SMILES string of the molecule is [3H]C(=O)c1ccc(OCc2ccccc2)c(OC)c1. The van der Waals surface area contributed by atoms with E-state index in [2.05, 4.69) is 0 Å². The number of aldehydes is 1. The van der Waals surface area contributed by atoms with Crippen molar-refractivity contribution in [1.29, 1.82) is 0 Å². The molecule has 0 amide bonds. The Hall–Kier alpha value is -2.29. The highest BCUT2D eigenvalue weighted by Gasteiger charge is 2.05. The van der Waals surface area contributed by atoms with Gasteiger partial charge in [0, 0.05) is 5.56 Å². The summed E-state index contributed by atoms with van der Waals surface area (Å²) in [6, 6.07) is 14.5. The Morgan fingerprint density at radius 2 is 1.94 bits per heavy atom. The van der Waals surface area contributed by atoms with E-state index in [1.54, 1.807) is 12.1 Å². The predicted octanol–water partition coefficient (Wildman–Crippen LogP) is 3.09. The van der Waals surface area contributed by atoms with Crippen molar-refractivity contribution in [2.45, 2.75) is 6.61 Å². The fourth-order valence-electron chi connectivity index (χ4n) is 1.59. The maximum absolute atomic E-state index is 11.0. The number of benzene rings is 2. The summed E-state index contributed by atoms with van der Waals surface area (Å²) in [5.41, 5.74) is 1.33. The van der Waals surface area contributed by atoms with Crippen LogP contribution in [0, 0.1) is 0 Å². The first-order chi connectivity index (χ1) is 9.20. The van der Waals surface area contributed by atoms with Gasteiger partial charge in [0.05, 0.1) is 7.11 Å². The quantitative estimate of drug-likeness (QED) is 0.758. The molecule has 0 radical (unpaired) electrons. The molecule has 0 aromatic heterocycles. The Balaban J connectivity index is 2.14. The molecule has 0 aliphatic carbocycles. The molecule has 18 heavy (non-hydrogen) atoms. The molecular weight excluding hydrogens is 228 g/mol. The van der Waals surface area contributed by atoms with E-state index in [1.165, 1.54) is 13.2 Å². The van der Waals surface area contributed by atoms with Crippen LogP contribution in [0.2, 0.25) is 0 Å². The summed E-state index contributed by atoms with van der Waals surface area (Å²) < 4.78 is 17.9. The number of hydrogen-bond donors (Lipinski definition) is 0. The highest BCUT2D eigenvalue weighted by Crippen LogP contribution is 2.28. The van der Waals surface area contributed by atoms with Crippen LogP contribution >= 0.6 is 0 Å². The third-order valence-electron chi connectivity index (χ3n) is 2.52. The van der Waals surface area contributed by atoms with E-state index in [0.717, 1.165) is 5.56 Å². The smallest absolute Gasteiger partial charge is 0.161 e. The zero-order valence-corrected chi connectivity index (χ0v) is 10.1. The van der Waals surface area contributed by atoms with Crippen LogP contribution in [-0.2, 0) is 6.61 Å². The highest BCUT2D eigenvalue weighted by atomic mass is 16.5. The topological polar surface area (TPSA) is 35.5 Å². The molecule has 2 aromatic carbocycles. The molecule has 3 heteroatoms. The van der Waals surface area contributed by atoms with Gasteiger partial charge in [-0.05, 0) is 23.8 Å². The van der Waals surface area contributed by atoms with E-state index in [4.69, 9.17) is 10.8 Å². The zero-order chi connectivity index (χ0) is 13.7. The third-order valence-corrected chi connectivity index (χ3v) is 2.52. The van der Waals surface area contributed by atoms with Crippen LogP contribution in [-0.4, -0.2) is 13.4 Å². The van der Waals surface area contributed by atoms with Gasteiger partial charge in [-0.15, -0.1) is 0 Å². The lowest BCUT2D eigenvalue weighted by Crippen LogP contribution is -1.98. The maximum Gasteiger partial charge on any atom is 0.161 e. The molecule has 0 aliphatic rings. The van der Waals surface area contributed by atoms with Crippen molar-refractivity contribution in [2.75, 3.05) is 7.11 Å². The van der Waals surface area contributed by atoms with Crippen LogP contribution in [0.25, 0.3) is 0 Å². The monoisotopic (exact) mass is 244 g/mol. The molecule has 2 aromatic rings. The standard InChI is InChI=1S/C15H14O3/c1-17-15-9-13(10-16)7-8-14(15)18-11-12-5-3-2-4-6-12/h2-10H,11H2,1H3/i10T. The molecule has 3 nitrogen and oxygen atoms in total. The Bertz CT molecular complexity index is 567. The summed E-state index contributed by atoms with van der Waals surface area (Å²) in [6.45, 7) is 0.422. The van der Waals surface area contributed by atoms with Crippen molar-refractivity contribution in [1.82, 2.24) is 0 Å². The van der Waals surface area contributed by atoms with Crippen LogP contribution in [0.5, 0.6) is 11.5 Å². The Morgan fingerprint density at radius 1 is 1.17 bits per heavy atom. The van der Waals surface area contributed by atoms with E-state index < -0.39 is 6.26 Å². The van der Waals surface area contributed by atoms with E-state index in [1.807, 2.05) is 30.3 Å². The van der Waals surface area contributed by atoms with Crippen molar-refractivity contribution in [3.63, 3.8) is 0 Å². The first-order valence-electron chi connectivity index (χ1n) is 6.06. The largest absolute Gasteiger partial charge is 0.493 e. The predicted molar refractivity (Wildman–Crippen MR) is 69.2 cm³/mol. The maximum atomic E-state index is 11.0. The highest BCUT2D eigenvalue weighted by molar-refractivity contribution is 5.76. The van der Waals surface area contributed by atoms with Gasteiger partial charge in [0.15, 0.2) is 11.5 Å². The minimum absolute atomic E-state index is 0.281. The Kier molecular flexibility index (Phi) is 3.53. The Labute approximate surface area is 107 Å². The van der Waals surface area contributed by atoms with Gasteiger partial charge >= 0.3 is 0 Å². The average Bonchev–Trinajstić information content (AvgIpc) is 2.45. The van der Waals surface area contributed by atoms with Crippen LogP contribution in [0.1, 0.15) is 17.3 Å². The lowest BCUT2D eigenvalue weighted by atomic mass is 10.2. The molecule has 0 bridgehead atoms. The molecule has 0 atom stereocenters. The summed E-state index contributed by atoms with van der Waals surface area (Å²) in [5.74, 6) is 1.00. The van der Waals surface area contributed by atoms with E-state index in [9.17, 15) is 4.79 Å². The summed E-state index contributed by atoms with van der Waals surface area (Å²) in [4.78, 5) is 11.0. The Morgan fingerprint density at radius 3 is 2.61 bits per heavy atom. The second kappa shape index (κ2) is 5.87. The van der Waals surface area contributed by atoms with Crippen LogP contribution in [0.3, 0.4) is 0 Å². The molecule has 0 saturated heterocycles. The van der Waals surface area contributed by atoms with Gasteiger partial charge in [0.2, 0.25) is 0 Å². The molecule has 0 saturated carbocycles. The van der Waals surface area contributed by atoms with Gasteiger partial charge in [-0.3, -0.25) is 4.79 Å². The van der Waals surface area contributed by atoms with Crippen LogP contribution in [0.15, 0.2) is 48.5 Å². The number of carbonyl (C=O) groups is 1. The van der Waals surface area contributed by atoms with Gasteiger partial charge in [0.25, 0.3) is 0 Å². The van der Waals surface area contributed by atoms with Crippen LogP contribution in [0.4, 0.5) is 0 Å². The fourth-order valence-corrected chi connectivity index (χ4v) is 1.59. The third kappa shape index (κ3) is 2.88. The minimum Gasteiger partial charge on any atom is -0.493 e.